The molecule has 0 saturated carbocycles. The standard InChI is InChI=1S/C18H36O/c1-9-18(10-2,15-19-17(6,7)8)14-12-11-13-16(3,4)5/h11,13H,9-10,12,14-15H2,1-8H3. The maximum Gasteiger partial charge on any atom is 0.0598 e. The zero-order chi connectivity index (χ0) is 15.2. The first kappa shape index (κ1) is 18.7. The third-order valence-corrected chi connectivity index (χ3v) is 3.77. The molecule has 0 amide bonds. The average Bonchev–Trinajstić information content (AvgIpc) is 2.26. The Morgan fingerprint density at radius 3 is 1.79 bits per heavy atom. The van der Waals surface area contributed by atoms with Crippen LogP contribution in [0.2, 0.25) is 0 Å². The third kappa shape index (κ3) is 9.27. The van der Waals surface area contributed by atoms with E-state index in [1.807, 2.05) is 0 Å². The van der Waals surface area contributed by atoms with Gasteiger partial charge in [0.25, 0.3) is 0 Å². The van der Waals surface area contributed by atoms with Gasteiger partial charge in [-0.2, -0.15) is 0 Å². The molecule has 1 nitrogen and oxygen atoms in total. The molecule has 1 heteroatoms. The molecule has 0 bridgehead atoms. The summed E-state index contributed by atoms with van der Waals surface area (Å²) in [6.45, 7) is 18.6. The van der Waals surface area contributed by atoms with Gasteiger partial charge in [0.05, 0.1) is 12.2 Å². The molecule has 0 atom stereocenters. The van der Waals surface area contributed by atoms with E-state index >= 15 is 0 Å². The molecule has 0 heterocycles. The van der Waals surface area contributed by atoms with Crippen LogP contribution in [0.1, 0.15) is 81.1 Å². The molecule has 0 aliphatic heterocycles. The van der Waals surface area contributed by atoms with Crippen molar-refractivity contribution in [1.29, 1.82) is 0 Å². The second-order valence-corrected chi connectivity index (χ2v) is 7.92. The first-order chi connectivity index (χ1) is 8.54. The summed E-state index contributed by atoms with van der Waals surface area (Å²) in [5, 5.41) is 0. The molecule has 0 N–H and O–H groups in total. The van der Waals surface area contributed by atoms with Crippen LogP contribution in [-0.4, -0.2) is 12.2 Å². The van der Waals surface area contributed by atoms with Crippen LogP contribution >= 0.6 is 0 Å². The Hall–Kier alpha value is -0.300. The number of rotatable bonds is 7. The van der Waals surface area contributed by atoms with Crippen molar-refractivity contribution in [2.75, 3.05) is 6.61 Å². The molecule has 0 aromatic carbocycles. The zero-order valence-electron chi connectivity index (χ0n) is 14.6. The predicted octanol–water partition coefficient (Wildman–Crippen LogP) is 5.99. The summed E-state index contributed by atoms with van der Waals surface area (Å²) >= 11 is 0. The van der Waals surface area contributed by atoms with Gasteiger partial charge < -0.3 is 4.74 Å². The summed E-state index contributed by atoms with van der Waals surface area (Å²) in [5.41, 5.74) is 0.606. The summed E-state index contributed by atoms with van der Waals surface area (Å²) in [6.07, 6.45) is 9.45. The van der Waals surface area contributed by atoms with Crippen molar-refractivity contribution in [3.63, 3.8) is 0 Å². The largest absolute Gasteiger partial charge is 0.375 e. The first-order valence-corrected chi connectivity index (χ1v) is 7.85. The Morgan fingerprint density at radius 2 is 1.42 bits per heavy atom. The van der Waals surface area contributed by atoms with Gasteiger partial charge in [-0.05, 0) is 57.3 Å². The Bertz CT molecular complexity index is 258. The molecule has 0 spiro atoms. The molecule has 0 aliphatic carbocycles. The second kappa shape index (κ2) is 7.47. The Kier molecular flexibility index (Phi) is 7.36. The fourth-order valence-electron chi connectivity index (χ4n) is 2.08. The van der Waals surface area contributed by atoms with E-state index in [1.54, 1.807) is 0 Å². The lowest BCUT2D eigenvalue weighted by Gasteiger charge is -2.34. The molecule has 114 valence electrons. The Labute approximate surface area is 121 Å². The minimum atomic E-state index is -0.0309. The minimum Gasteiger partial charge on any atom is -0.375 e. The number of allylic oxidation sites excluding steroid dienone is 2. The first-order valence-electron chi connectivity index (χ1n) is 7.85. The van der Waals surface area contributed by atoms with Crippen molar-refractivity contribution in [2.24, 2.45) is 10.8 Å². The Morgan fingerprint density at radius 1 is 0.895 bits per heavy atom. The van der Waals surface area contributed by atoms with E-state index in [-0.39, 0.29) is 5.60 Å². The van der Waals surface area contributed by atoms with E-state index in [2.05, 4.69) is 67.5 Å². The van der Waals surface area contributed by atoms with Crippen molar-refractivity contribution >= 4 is 0 Å². The van der Waals surface area contributed by atoms with E-state index < -0.39 is 0 Å². The maximum absolute atomic E-state index is 6.05. The lowest BCUT2D eigenvalue weighted by Crippen LogP contribution is -2.31. The highest BCUT2D eigenvalue weighted by atomic mass is 16.5. The van der Waals surface area contributed by atoms with Crippen LogP contribution in [-0.2, 0) is 4.74 Å². The molecule has 19 heavy (non-hydrogen) atoms. The summed E-state index contributed by atoms with van der Waals surface area (Å²) in [7, 11) is 0. The van der Waals surface area contributed by atoms with E-state index in [0.29, 0.717) is 10.8 Å². The van der Waals surface area contributed by atoms with Crippen molar-refractivity contribution in [2.45, 2.75) is 86.7 Å². The third-order valence-electron chi connectivity index (χ3n) is 3.77. The van der Waals surface area contributed by atoms with Gasteiger partial charge >= 0.3 is 0 Å². The van der Waals surface area contributed by atoms with E-state index in [9.17, 15) is 0 Å². The molecule has 0 rings (SSSR count). The lowest BCUT2D eigenvalue weighted by atomic mass is 9.78. The normalized spacial score (nSPS) is 14.3. The highest BCUT2D eigenvalue weighted by Gasteiger charge is 2.27. The summed E-state index contributed by atoms with van der Waals surface area (Å²) in [4.78, 5) is 0. The molecule has 0 unspecified atom stereocenters. The summed E-state index contributed by atoms with van der Waals surface area (Å²) < 4.78 is 6.05. The average molecular weight is 268 g/mol. The topological polar surface area (TPSA) is 9.23 Å². The van der Waals surface area contributed by atoms with Crippen LogP contribution in [0.25, 0.3) is 0 Å². The van der Waals surface area contributed by atoms with E-state index in [0.717, 1.165) is 13.0 Å². The van der Waals surface area contributed by atoms with Gasteiger partial charge in [-0.15, -0.1) is 0 Å². The predicted molar refractivity (Wildman–Crippen MR) is 86.5 cm³/mol. The summed E-state index contributed by atoms with van der Waals surface area (Å²) in [6, 6.07) is 0. The summed E-state index contributed by atoms with van der Waals surface area (Å²) in [5.74, 6) is 0. The van der Waals surface area contributed by atoms with Gasteiger partial charge in [-0.3, -0.25) is 0 Å². The smallest absolute Gasteiger partial charge is 0.0598 e. The highest BCUT2D eigenvalue weighted by molar-refractivity contribution is 4.93. The van der Waals surface area contributed by atoms with Crippen LogP contribution in [0, 0.1) is 10.8 Å². The van der Waals surface area contributed by atoms with Gasteiger partial charge in [0.2, 0.25) is 0 Å². The number of hydrogen-bond donors (Lipinski definition) is 0. The molecule has 0 aromatic heterocycles. The molecule has 0 saturated heterocycles. The highest BCUT2D eigenvalue weighted by Crippen LogP contribution is 2.34. The number of ether oxygens (including phenoxy) is 1. The van der Waals surface area contributed by atoms with Crippen molar-refractivity contribution < 1.29 is 4.74 Å². The van der Waals surface area contributed by atoms with Gasteiger partial charge in [-0.25, -0.2) is 0 Å². The van der Waals surface area contributed by atoms with Gasteiger partial charge in [0, 0.05) is 0 Å². The molecular formula is C18H36O. The van der Waals surface area contributed by atoms with E-state index in [1.165, 1.54) is 19.3 Å². The van der Waals surface area contributed by atoms with Crippen molar-refractivity contribution in [1.82, 2.24) is 0 Å². The second-order valence-electron chi connectivity index (χ2n) is 7.92. The molecule has 0 fully saturated rings. The minimum absolute atomic E-state index is 0.0309. The van der Waals surface area contributed by atoms with Gasteiger partial charge in [-0.1, -0.05) is 46.8 Å². The van der Waals surface area contributed by atoms with Crippen molar-refractivity contribution in [3.05, 3.63) is 12.2 Å². The Balaban J connectivity index is 4.43. The SMILES string of the molecule is CCC(CC)(CCC=CC(C)(C)C)COC(C)(C)C. The van der Waals surface area contributed by atoms with Crippen LogP contribution < -0.4 is 0 Å². The van der Waals surface area contributed by atoms with Gasteiger partial charge in [0.1, 0.15) is 0 Å². The lowest BCUT2D eigenvalue weighted by molar-refractivity contribution is -0.0575. The van der Waals surface area contributed by atoms with E-state index in [4.69, 9.17) is 4.74 Å². The molecular weight excluding hydrogens is 232 g/mol. The van der Waals surface area contributed by atoms with Crippen molar-refractivity contribution in [3.8, 4) is 0 Å². The maximum atomic E-state index is 6.05. The fraction of sp³-hybridized carbons (Fsp3) is 0.889. The molecule has 0 radical (unpaired) electrons. The molecule has 0 aromatic rings. The fourth-order valence-corrected chi connectivity index (χ4v) is 2.08. The van der Waals surface area contributed by atoms with Gasteiger partial charge in [0.15, 0.2) is 0 Å². The molecule has 0 aliphatic rings. The monoisotopic (exact) mass is 268 g/mol. The number of hydrogen-bond acceptors (Lipinski definition) is 1. The van der Waals surface area contributed by atoms with Crippen LogP contribution in [0.15, 0.2) is 12.2 Å². The quantitative estimate of drug-likeness (QED) is 0.515. The zero-order valence-corrected chi connectivity index (χ0v) is 14.6. The van der Waals surface area contributed by atoms with Crippen LogP contribution in [0.4, 0.5) is 0 Å². The van der Waals surface area contributed by atoms with Crippen LogP contribution in [0.5, 0.6) is 0 Å². The van der Waals surface area contributed by atoms with Crippen LogP contribution in [0.3, 0.4) is 0 Å².